The van der Waals surface area contributed by atoms with Crippen molar-refractivity contribution in [1.29, 1.82) is 0 Å². The molecule has 0 fully saturated rings. The number of aryl methyl sites for hydroxylation is 2. The van der Waals surface area contributed by atoms with Crippen molar-refractivity contribution in [3.8, 4) is 0 Å². The lowest BCUT2D eigenvalue weighted by Gasteiger charge is -2.11. The molecule has 88 valence electrons. The first-order valence-electron chi connectivity index (χ1n) is 6.53. The fraction of sp³-hybridized carbons (Fsp3) is 0.176. The predicted octanol–water partition coefficient (Wildman–Crippen LogP) is 4.59. The van der Waals surface area contributed by atoms with E-state index in [1.807, 2.05) is 0 Å². The molecule has 18 heavy (non-hydrogen) atoms. The minimum Gasteiger partial charge on any atom is -0.355 e. The van der Waals surface area contributed by atoms with E-state index in [1.165, 1.54) is 38.5 Å². The second kappa shape index (κ2) is 3.49. The molecule has 2 aromatic carbocycles. The first kappa shape index (κ1) is 9.95. The largest absolute Gasteiger partial charge is 0.355 e. The molecule has 1 N–H and O–H groups in total. The highest BCUT2D eigenvalue weighted by Gasteiger charge is 2.13. The molecular formula is C17H15N. The molecule has 1 heteroatoms. The summed E-state index contributed by atoms with van der Waals surface area (Å²) in [5, 5.41) is 2.80. The maximum atomic E-state index is 3.53. The number of aromatic nitrogens is 1. The van der Waals surface area contributed by atoms with Crippen LogP contribution in [0.15, 0.2) is 36.4 Å². The van der Waals surface area contributed by atoms with Crippen LogP contribution in [0, 0.1) is 6.92 Å². The Bertz CT molecular complexity index is 790. The van der Waals surface area contributed by atoms with Gasteiger partial charge in [0.25, 0.3) is 0 Å². The van der Waals surface area contributed by atoms with Crippen LogP contribution in [0.4, 0.5) is 0 Å². The number of nitrogens with one attached hydrogen (secondary N) is 1. The Morgan fingerprint density at radius 1 is 1.06 bits per heavy atom. The molecule has 1 heterocycles. The molecule has 0 spiro atoms. The molecule has 1 aromatic heterocycles. The van der Waals surface area contributed by atoms with E-state index < -0.39 is 0 Å². The van der Waals surface area contributed by atoms with Crippen LogP contribution in [0.5, 0.6) is 0 Å². The third kappa shape index (κ3) is 1.28. The Kier molecular flexibility index (Phi) is 1.93. The topological polar surface area (TPSA) is 15.8 Å². The summed E-state index contributed by atoms with van der Waals surface area (Å²) in [4.78, 5) is 3.53. The van der Waals surface area contributed by atoms with Crippen molar-refractivity contribution < 1.29 is 0 Å². The molecule has 1 aliphatic rings. The van der Waals surface area contributed by atoms with Crippen LogP contribution in [-0.4, -0.2) is 4.98 Å². The van der Waals surface area contributed by atoms with E-state index in [4.69, 9.17) is 0 Å². The average molecular weight is 233 g/mol. The minimum atomic E-state index is 1.16. The van der Waals surface area contributed by atoms with E-state index in [1.54, 1.807) is 0 Å². The van der Waals surface area contributed by atoms with E-state index in [-0.39, 0.29) is 0 Å². The standard InChI is InChI=1S/C17H15N/c1-11-6-8-15-14(10-11)17-13-5-3-2-4-12(13)7-9-16(17)18-15/h2,4,6-10,18H,3,5H2,1H3. The second-order valence-electron chi connectivity index (χ2n) is 5.17. The van der Waals surface area contributed by atoms with Gasteiger partial charge in [0.2, 0.25) is 0 Å². The van der Waals surface area contributed by atoms with Crippen LogP contribution in [0.1, 0.15) is 23.1 Å². The number of aromatic amines is 1. The van der Waals surface area contributed by atoms with Gasteiger partial charge in [0.1, 0.15) is 0 Å². The van der Waals surface area contributed by atoms with Gasteiger partial charge in [0.05, 0.1) is 0 Å². The molecule has 0 saturated heterocycles. The van der Waals surface area contributed by atoms with Crippen LogP contribution >= 0.6 is 0 Å². The summed E-state index contributed by atoms with van der Waals surface area (Å²) in [5.41, 5.74) is 6.73. The Labute approximate surface area is 106 Å². The zero-order valence-corrected chi connectivity index (χ0v) is 10.5. The highest BCUT2D eigenvalue weighted by atomic mass is 14.7. The van der Waals surface area contributed by atoms with E-state index in [0.29, 0.717) is 0 Å². The number of hydrogen-bond acceptors (Lipinski definition) is 0. The fourth-order valence-corrected chi connectivity index (χ4v) is 3.06. The molecule has 0 atom stereocenters. The highest BCUT2D eigenvalue weighted by Crippen LogP contribution is 2.33. The molecule has 3 aromatic rings. The number of allylic oxidation sites excluding steroid dienone is 1. The van der Waals surface area contributed by atoms with E-state index >= 15 is 0 Å². The normalized spacial score (nSPS) is 14.3. The van der Waals surface area contributed by atoms with Crippen molar-refractivity contribution in [2.75, 3.05) is 0 Å². The Balaban J connectivity index is 2.22. The molecule has 0 aliphatic heterocycles. The van der Waals surface area contributed by atoms with Gasteiger partial charge < -0.3 is 4.98 Å². The molecule has 0 unspecified atom stereocenters. The van der Waals surface area contributed by atoms with E-state index in [2.05, 4.69) is 54.4 Å². The smallest absolute Gasteiger partial charge is 0.0468 e. The summed E-state index contributed by atoms with van der Waals surface area (Å²) in [6.07, 6.45) is 6.84. The highest BCUT2D eigenvalue weighted by molar-refractivity contribution is 6.10. The van der Waals surface area contributed by atoms with Crippen molar-refractivity contribution >= 4 is 27.9 Å². The van der Waals surface area contributed by atoms with Crippen molar-refractivity contribution in [1.82, 2.24) is 4.98 Å². The number of fused-ring (bicyclic) bond motifs is 5. The maximum Gasteiger partial charge on any atom is 0.0468 e. The first-order valence-corrected chi connectivity index (χ1v) is 6.53. The lowest BCUT2D eigenvalue weighted by atomic mass is 9.93. The molecule has 0 bridgehead atoms. The van der Waals surface area contributed by atoms with Crippen LogP contribution in [0.25, 0.3) is 27.9 Å². The monoisotopic (exact) mass is 233 g/mol. The lowest BCUT2D eigenvalue weighted by Crippen LogP contribution is -1.94. The van der Waals surface area contributed by atoms with Crippen molar-refractivity contribution in [3.05, 3.63) is 53.1 Å². The zero-order valence-electron chi connectivity index (χ0n) is 10.5. The summed E-state index contributed by atoms with van der Waals surface area (Å²) in [6, 6.07) is 11.1. The SMILES string of the molecule is Cc1ccc2[nH]c3ccc4c(c3c2c1)CCC=C4. The predicted molar refractivity (Wildman–Crippen MR) is 77.9 cm³/mol. The third-order valence-corrected chi connectivity index (χ3v) is 3.92. The number of hydrogen-bond donors (Lipinski definition) is 1. The molecule has 0 amide bonds. The third-order valence-electron chi connectivity index (χ3n) is 3.92. The average Bonchev–Trinajstić information content (AvgIpc) is 2.77. The first-order chi connectivity index (χ1) is 8.83. The number of benzene rings is 2. The van der Waals surface area contributed by atoms with Crippen molar-refractivity contribution in [2.45, 2.75) is 19.8 Å². The summed E-state index contributed by atoms with van der Waals surface area (Å²) in [6.45, 7) is 2.16. The van der Waals surface area contributed by atoms with E-state index in [9.17, 15) is 0 Å². The van der Waals surface area contributed by atoms with Crippen LogP contribution in [0.3, 0.4) is 0 Å². The molecule has 0 saturated carbocycles. The van der Waals surface area contributed by atoms with Gasteiger partial charge in [-0.1, -0.05) is 29.8 Å². The molecule has 0 radical (unpaired) electrons. The van der Waals surface area contributed by atoms with Crippen LogP contribution in [-0.2, 0) is 6.42 Å². The van der Waals surface area contributed by atoms with Crippen LogP contribution in [0.2, 0.25) is 0 Å². The summed E-state index contributed by atoms with van der Waals surface area (Å²) in [7, 11) is 0. The van der Waals surface area contributed by atoms with Gasteiger partial charge in [-0.15, -0.1) is 0 Å². The quantitative estimate of drug-likeness (QED) is 0.584. The van der Waals surface area contributed by atoms with Crippen molar-refractivity contribution in [3.63, 3.8) is 0 Å². The van der Waals surface area contributed by atoms with Gasteiger partial charge in [0, 0.05) is 21.8 Å². The van der Waals surface area contributed by atoms with Crippen molar-refractivity contribution in [2.24, 2.45) is 0 Å². The van der Waals surface area contributed by atoms with Gasteiger partial charge in [-0.05, 0) is 49.1 Å². The zero-order chi connectivity index (χ0) is 12.1. The van der Waals surface area contributed by atoms with Gasteiger partial charge in [-0.2, -0.15) is 0 Å². The summed E-state index contributed by atoms with van der Waals surface area (Å²) in [5.74, 6) is 0. The minimum absolute atomic E-state index is 1.16. The number of H-pyrrole nitrogens is 1. The Morgan fingerprint density at radius 3 is 2.89 bits per heavy atom. The lowest BCUT2D eigenvalue weighted by molar-refractivity contribution is 0.998. The maximum absolute atomic E-state index is 3.53. The molecule has 1 nitrogen and oxygen atoms in total. The van der Waals surface area contributed by atoms with Gasteiger partial charge >= 0.3 is 0 Å². The molecule has 1 aliphatic carbocycles. The Morgan fingerprint density at radius 2 is 1.94 bits per heavy atom. The fourth-order valence-electron chi connectivity index (χ4n) is 3.06. The van der Waals surface area contributed by atoms with Gasteiger partial charge in [-0.3, -0.25) is 0 Å². The summed E-state index contributed by atoms with van der Waals surface area (Å²) < 4.78 is 0. The van der Waals surface area contributed by atoms with Gasteiger partial charge in [-0.25, -0.2) is 0 Å². The second-order valence-corrected chi connectivity index (χ2v) is 5.17. The summed E-state index contributed by atoms with van der Waals surface area (Å²) >= 11 is 0. The Hall–Kier alpha value is -2.02. The van der Waals surface area contributed by atoms with Gasteiger partial charge in [0.15, 0.2) is 0 Å². The number of rotatable bonds is 0. The van der Waals surface area contributed by atoms with E-state index in [0.717, 1.165) is 12.8 Å². The van der Waals surface area contributed by atoms with Crippen LogP contribution < -0.4 is 0 Å². The molecule has 4 rings (SSSR count). The molecular weight excluding hydrogens is 218 g/mol.